The van der Waals surface area contributed by atoms with E-state index in [2.05, 4.69) is 76.6 Å². The third-order valence-electron chi connectivity index (χ3n) is 6.19. The van der Waals surface area contributed by atoms with Crippen LogP contribution in [0.1, 0.15) is 29.9 Å². The molecule has 0 aliphatic carbocycles. The number of fused-ring (bicyclic) bond motifs is 1. The van der Waals surface area contributed by atoms with E-state index in [4.69, 9.17) is 11.6 Å². The van der Waals surface area contributed by atoms with Crippen LogP contribution in [-0.4, -0.2) is 23.0 Å². The van der Waals surface area contributed by atoms with Gasteiger partial charge in [0.15, 0.2) is 0 Å². The number of nitrogens with zero attached hydrogens (tertiary/aromatic N) is 1. The summed E-state index contributed by atoms with van der Waals surface area (Å²) in [4.78, 5) is 6.26. The lowest BCUT2D eigenvalue weighted by atomic mass is 9.89. The summed E-state index contributed by atoms with van der Waals surface area (Å²) in [5.74, 6) is 0.566. The minimum atomic E-state index is 0.566. The molecule has 2 heterocycles. The van der Waals surface area contributed by atoms with Gasteiger partial charge in [0.05, 0.1) is 5.69 Å². The zero-order chi connectivity index (χ0) is 19.6. The monoisotopic (exact) mass is 400 g/mol. The fraction of sp³-hybridized carbons (Fsp3) is 0.231. The van der Waals surface area contributed by atoms with Gasteiger partial charge in [-0.15, -0.1) is 0 Å². The van der Waals surface area contributed by atoms with Crippen molar-refractivity contribution in [3.05, 3.63) is 95.0 Å². The quantitative estimate of drug-likeness (QED) is 0.396. The predicted molar refractivity (Wildman–Crippen MR) is 122 cm³/mol. The summed E-state index contributed by atoms with van der Waals surface area (Å²) in [5, 5.41) is 2.24. The van der Waals surface area contributed by atoms with Crippen LogP contribution in [0.25, 0.3) is 22.2 Å². The number of halogens is 1. The average molecular weight is 401 g/mol. The first-order chi connectivity index (χ1) is 14.3. The molecule has 2 nitrogen and oxygen atoms in total. The summed E-state index contributed by atoms with van der Waals surface area (Å²) < 4.78 is 0. The lowest BCUT2D eigenvalue weighted by Crippen LogP contribution is -2.32. The van der Waals surface area contributed by atoms with Crippen molar-refractivity contribution < 1.29 is 0 Å². The standard InChI is InChI=1S/C26H25ClN2/c27-24-12-6-4-10-21(24)19-14-16-29(17-15-19)18-23-22-11-5-7-13-25(22)28-26(23)20-8-2-1-3-9-20/h1-13,19,28H,14-18H2. The highest BCUT2D eigenvalue weighted by Gasteiger charge is 2.24. The maximum absolute atomic E-state index is 6.45. The van der Waals surface area contributed by atoms with Gasteiger partial charge < -0.3 is 4.98 Å². The Kier molecular flexibility index (Phi) is 5.13. The first kappa shape index (κ1) is 18.5. The van der Waals surface area contributed by atoms with Crippen LogP contribution in [0, 0.1) is 0 Å². The van der Waals surface area contributed by atoms with Gasteiger partial charge in [-0.05, 0) is 60.7 Å². The first-order valence-electron chi connectivity index (χ1n) is 10.4. The number of piperidine rings is 1. The topological polar surface area (TPSA) is 19.0 Å². The molecule has 1 aromatic heterocycles. The number of hydrogen-bond donors (Lipinski definition) is 1. The summed E-state index contributed by atoms with van der Waals surface area (Å²) in [6.45, 7) is 3.18. The Morgan fingerprint density at radius 2 is 1.52 bits per heavy atom. The summed E-state index contributed by atoms with van der Waals surface area (Å²) in [6, 6.07) is 27.7. The average Bonchev–Trinajstić information content (AvgIpc) is 3.14. The molecular weight excluding hydrogens is 376 g/mol. The largest absolute Gasteiger partial charge is 0.354 e. The molecule has 0 bridgehead atoms. The number of nitrogens with one attached hydrogen (secondary N) is 1. The molecule has 1 aliphatic rings. The number of para-hydroxylation sites is 1. The van der Waals surface area contributed by atoms with Gasteiger partial charge in [-0.25, -0.2) is 0 Å². The lowest BCUT2D eigenvalue weighted by Gasteiger charge is -2.32. The van der Waals surface area contributed by atoms with Crippen molar-refractivity contribution in [1.82, 2.24) is 9.88 Å². The molecule has 0 unspecified atom stereocenters. The second-order valence-corrected chi connectivity index (χ2v) is 8.37. The van der Waals surface area contributed by atoms with Crippen LogP contribution in [-0.2, 0) is 6.54 Å². The highest BCUT2D eigenvalue weighted by molar-refractivity contribution is 6.31. The van der Waals surface area contributed by atoms with Crippen LogP contribution < -0.4 is 0 Å². The fourth-order valence-corrected chi connectivity index (χ4v) is 4.94. The van der Waals surface area contributed by atoms with Gasteiger partial charge in [0.2, 0.25) is 0 Å². The van der Waals surface area contributed by atoms with E-state index in [1.807, 2.05) is 12.1 Å². The van der Waals surface area contributed by atoms with Crippen molar-refractivity contribution in [2.75, 3.05) is 13.1 Å². The number of benzene rings is 3. The molecule has 1 aliphatic heterocycles. The molecule has 0 amide bonds. The van der Waals surface area contributed by atoms with Crippen LogP contribution in [0.5, 0.6) is 0 Å². The second-order valence-electron chi connectivity index (χ2n) is 7.96. The van der Waals surface area contributed by atoms with Crippen molar-refractivity contribution >= 4 is 22.5 Å². The Balaban J connectivity index is 1.39. The SMILES string of the molecule is Clc1ccccc1C1CCN(Cc2c(-c3ccccc3)[nH]c3ccccc23)CC1. The molecule has 0 atom stereocenters. The molecule has 1 saturated heterocycles. The summed E-state index contributed by atoms with van der Waals surface area (Å²) in [5.41, 5.74) is 6.44. The molecule has 4 aromatic rings. The lowest BCUT2D eigenvalue weighted by molar-refractivity contribution is 0.205. The van der Waals surface area contributed by atoms with Gasteiger partial charge in [-0.3, -0.25) is 4.90 Å². The summed E-state index contributed by atoms with van der Waals surface area (Å²) in [6.07, 6.45) is 2.32. The van der Waals surface area contributed by atoms with Crippen molar-refractivity contribution in [2.24, 2.45) is 0 Å². The Morgan fingerprint density at radius 3 is 2.31 bits per heavy atom. The van der Waals surface area contributed by atoms with Gasteiger partial charge in [-0.2, -0.15) is 0 Å². The fourth-order valence-electron chi connectivity index (χ4n) is 4.65. The van der Waals surface area contributed by atoms with Crippen LogP contribution in [0.3, 0.4) is 0 Å². The van der Waals surface area contributed by atoms with Gasteiger partial charge in [-0.1, -0.05) is 78.3 Å². The van der Waals surface area contributed by atoms with Crippen LogP contribution in [0.2, 0.25) is 5.02 Å². The van der Waals surface area contributed by atoms with E-state index in [0.29, 0.717) is 5.92 Å². The first-order valence-corrected chi connectivity index (χ1v) is 10.8. The van der Waals surface area contributed by atoms with Crippen LogP contribution in [0.15, 0.2) is 78.9 Å². The summed E-state index contributed by atoms with van der Waals surface area (Å²) >= 11 is 6.45. The van der Waals surface area contributed by atoms with Crippen molar-refractivity contribution in [3.63, 3.8) is 0 Å². The smallest absolute Gasteiger partial charge is 0.0510 e. The van der Waals surface area contributed by atoms with E-state index in [1.165, 1.54) is 33.3 Å². The highest BCUT2D eigenvalue weighted by atomic mass is 35.5. The third kappa shape index (κ3) is 3.71. The molecule has 0 spiro atoms. The molecule has 3 heteroatoms. The van der Waals surface area contributed by atoms with Crippen molar-refractivity contribution in [1.29, 1.82) is 0 Å². The van der Waals surface area contributed by atoms with E-state index in [9.17, 15) is 0 Å². The van der Waals surface area contributed by atoms with E-state index in [-0.39, 0.29) is 0 Å². The molecule has 0 saturated carbocycles. The molecule has 0 radical (unpaired) electrons. The molecule has 1 fully saturated rings. The molecule has 5 rings (SSSR count). The zero-order valence-electron chi connectivity index (χ0n) is 16.4. The molecule has 1 N–H and O–H groups in total. The van der Waals surface area contributed by atoms with E-state index >= 15 is 0 Å². The van der Waals surface area contributed by atoms with Gasteiger partial charge in [0.25, 0.3) is 0 Å². The Bertz CT molecular complexity index is 1110. The Labute approximate surface area is 177 Å². The normalized spacial score (nSPS) is 15.8. The minimum absolute atomic E-state index is 0.566. The zero-order valence-corrected chi connectivity index (χ0v) is 17.2. The molecule has 3 aromatic carbocycles. The molecule has 146 valence electrons. The third-order valence-corrected chi connectivity index (χ3v) is 6.53. The Hall–Kier alpha value is -2.55. The minimum Gasteiger partial charge on any atom is -0.354 e. The maximum Gasteiger partial charge on any atom is 0.0510 e. The second kappa shape index (κ2) is 8.06. The number of H-pyrrole nitrogens is 1. The Morgan fingerprint density at radius 1 is 0.828 bits per heavy atom. The number of aromatic amines is 1. The highest BCUT2D eigenvalue weighted by Crippen LogP contribution is 2.35. The van der Waals surface area contributed by atoms with E-state index < -0.39 is 0 Å². The van der Waals surface area contributed by atoms with Gasteiger partial charge >= 0.3 is 0 Å². The molecule has 29 heavy (non-hydrogen) atoms. The van der Waals surface area contributed by atoms with Crippen LogP contribution >= 0.6 is 11.6 Å². The predicted octanol–water partition coefficient (Wildman–Crippen LogP) is 6.87. The van der Waals surface area contributed by atoms with Gasteiger partial charge in [0, 0.05) is 22.5 Å². The molecular formula is C26H25ClN2. The number of aromatic nitrogens is 1. The van der Waals surface area contributed by atoms with Gasteiger partial charge in [0.1, 0.15) is 0 Å². The van der Waals surface area contributed by atoms with Crippen molar-refractivity contribution in [2.45, 2.75) is 25.3 Å². The van der Waals surface area contributed by atoms with E-state index in [1.54, 1.807) is 0 Å². The number of hydrogen-bond acceptors (Lipinski definition) is 1. The maximum atomic E-state index is 6.45. The van der Waals surface area contributed by atoms with E-state index in [0.717, 1.165) is 37.5 Å². The summed E-state index contributed by atoms with van der Waals surface area (Å²) in [7, 11) is 0. The number of rotatable bonds is 4. The number of likely N-dealkylation sites (tertiary alicyclic amines) is 1. The van der Waals surface area contributed by atoms with Crippen molar-refractivity contribution in [3.8, 4) is 11.3 Å². The van der Waals surface area contributed by atoms with Crippen LogP contribution in [0.4, 0.5) is 0 Å².